The van der Waals surface area contributed by atoms with Crippen molar-refractivity contribution in [2.24, 2.45) is 0 Å². The molecule has 2 aromatic carbocycles. The molecular weight excluding hydrogens is 302 g/mol. The number of tetrazole rings is 1. The van der Waals surface area contributed by atoms with Crippen LogP contribution in [0.1, 0.15) is 5.82 Å². The molecule has 0 atom stereocenters. The van der Waals surface area contributed by atoms with Gasteiger partial charge in [-0.2, -0.15) is 4.68 Å². The summed E-state index contributed by atoms with van der Waals surface area (Å²) in [5.74, 6) is 1.41. The van der Waals surface area contributed by atoms with Gasteiger partial charge in [0.15, 0.2) is 11.6 Å². The lowest BCUT2D eigenvalue weighted by Gasteiger charge is -2.02. The summed E-state index contributed by atoms with van der Waals surface area (Å²) in [6, 6.07) is 13.2. The molecule has 0 saturated heterocycles. The number of nitrogens with zero attached hydrogens (tertiary/aromatic N) is 5. The van der Waals surface area contributed by atoms with E-state index in [9.17, 15) is 0 Å². The molecule has 2 heterocycles. The smallest absolute Gasteiger partial charge is 0.174 e. The van der Waals surface area contributed by atoms with Crippen LogP contribution in [0.25, 0.3) is 27.9 Å². The third-order valence-corrected chi connectivity index (χ3v) is 3.69. The Hall–Kier alpha value is -2.73. The molecule has 4 aromatic rings. The number of rotatable bonds is 2. The predicted molar refractivity (Wildman–Crippen MR) is 81.9 cm³/mol. The SMILES string of the molecule is Cc1nnnn1-c1ccc2noc(-c3ccc(Cl)cc3)c2c1. The van der Waals surface area contributed by atoms with Gasteiger partial charge >= 0.3 is 0 Å². The minimum absolute atomic E-state index is 0.678. The predicted octanol–water partition coefficient (Wildman–Crippen LogP) is 3.43. The highest BCUT2D eigenvalue weighted by molar-refractivity contribution is 6.30. The molecule has 0 aliphatic heterocycles. The number of aromatic nitrogens is 5. The molecular formula is C15H10ClN5O. The first-order valence-corrected chi connectivity index (χ1v) is 7.01. The molecule has 0 bridgehead atoms. The number of aryl methyl sites for hydroxylation is 1. The van der Waals surface area contributed by atoms with Crippen LogP contribution in [0.4, 0.5) is 0 Å². The van der Waals surface area contributed by atoms with Crippen molar-refractivity contribution in [3.05, 3.63) is 53.3 Å². The number of halogens is 1. The van der Waals surface area contributed by atoms with Crippen LogP contribution in [0.2, 0.25) is 5.02 Å². The van der Waals surface area contributed by atoms with Crippen LogP contribution in [0.5, 0.6) is 0 Å². The molecule has 7 heteroatoms. The van der Waals surface area contributed by atoms with Gasteiger partial charge in [-0.15, -0.1) is 5.10 Å². The van der Waals surface area contributed by atoms with E-state index in [0.717, 1.165) is 22.2 Å². The van der Waals surface area contributed by atoms with E-state index in [4.69, 9.17) is 16.1 Å². The molecule has 0 saturated carbocycles. The summed E-state index contributed by atoms with van der Waals surface area (Å²) in [5.41, 5.74) is 2.55. The number of hydrogen-bond acceptors (Lipinski definition) is 5. The molecule has 0 N–H and O–H groups in total. The van der Waals surface area contributed by atoms with Crippen molar-refractivity contribution in [1.82, 2.24) is 25.4 Å². The van der Waals surface area contributed by atoms with Gasteiger partial charge in [-0.05, 0) is 59.8 Å². The van der Waals surface area contributed by atoms with E-state index >= 15 is 0 Å². The lowest BCUT2D eigenvalue weighted by atomic mass is 10.1. The fourth-order valence-corrected chi connectivity index (χ4v) is 2.47. The molecule has 6 nitrogen and oxygen atoms in total. The van der Waals surface area contributed by atoms with Crippen LogP contribution in [0, 0.1) is 6.92 Å². The van der Waals surface area contributed by atoms with Crippen molar-refractivity contribution in [2.75, 3.05) is 0 Å². The van der Waals surface area contributed by atoms with E-state index in [1.165, 1.54) is 0 Å². The van der Waals surface area contributed by atoms with Gasteiger partial charge in [0, 0.05) is 10.6 Å². The van der Waals surface area contributed by atoms with Gasteiger partial charge in [0.2, 0.25) is 0 Å². The molecule has 108 valence electrons. The molecule has 0 spiro atoms. The Bertz CT molecular complexity index is 958. The Morgan fingerprint density at radius 2 is 1.91 bits per heavy atom. The van der Waals surface area contributed by atoms with Gasteiger partial charge in [-0.25, -0.2) is 0 Å². The van der Waals surface area contributed by atoms with Gasteiger partial charge in [-0.1, -0.05) is 16.8 Å². The zero-order valence-electron chi connectivity index (χ0n) is 11.6. The van der Waals surface area contributed by atoms with Crippen LogP contribution >= 0.6 is 11.6 Å². The molecule has 0 aliphatic carbocycles. The first kappa shape index (κ1) is 13.0. The second-order valence-corrected chi connectivity index (χ2v) is 5.29. The third kappa shape index (κ3) is 2.05. The molecule has 2 aromatic heterocycles. The van der Waals surface area contributed by atoms with Crippen molar-refractivity contribution in [3.63, 3.8) is 0 Å². The fraction of sp³-hybridized carbons (Fsp3) is 0.0667. The van der Waals surface area contributed by atoms with Crippen LogP contribution in [0.3, 0.4) is 0 Å². The average Bonchev–Trinajstić information content (AvgIpc) is 3.13. The Morgan fingerprint density at radius 1 is 1.09 bits per heavy atom. The summed E-state index contributed by atoms with van der Waals surface area (Å²) in [7, 11) is 0. The lowest BCUT2D eigenvalue weighted by Crippen LogP contribution is -1.98. The quantitative estimate of drug-likeness (QED) is 0.567. The van der Waals surface area contributed by atoms with Crippen molar-refractivity contribution in [3.8, 4) is 17.0 Å². The Kier molecular flexibility index (Phi) is 2.90. The molecule has 4 rings (SSSR count). The summed E-state index contributed by atoms with van der Waals surface area (Å²) >= 11 is 5.93. The Morgan fingerprint density at radius 3 is 2.64 bits per heavy atom. The highest BCUT2D eigenvalue weighted by Crippen LogP contribution is 2.30. The van der Waals surface area contributed by atoms with Crippen molar-refractivity contribution in [2.45, 2.75) is 6.92 Å². The number of fused-ring (bicyclic) bond motifs is 1. The average molecular weight is 312 g/mol. The van der Waals surface area contributed by atoms with E-state index in [-0.39, 0.29) is 0 Å². The zero-order valence-corrected chi connectivity index (χ0v) is 12.3. The molecule has 0 aliphatic rings. The minimum atomic E-state index is 0.678. The summed E-state index contributed by atoms with van der Waals surface area (Å²) in [6.07, 6.45) is 0. The first-order chi connectivity index (χ1) is 10.7. The normalized spacial score (nSPS) is 11.2. The van der Waals surface area contributed by atoms with E-state index in [2.05, 4.69) is 20.7 Å². The fourth-order valence-electron chi connectivity index (χ4n) is 2.34. The number of hydrogen-bond donors (Lipinski definition) is 0. The topological polar surface area (TPSA) is 69.6 Å². The van der Waals surface area contributed by atoms with Crippen LogP contribution < -0.4 is 0 Å². The van der Waals surface area contributed by atoms with Gasteiger partial charge < -0.3 is 4.52 Å². The van der Waals surface area contributed by atoms with Gasteiger partial charge in [0.25, 0.3) is 0 Å². The standard InChI is InChI=1S/C15H10ClN5O/c1-9-17-19-20-21(9)12-6-7-14-13(8-12)15(22-18-14)10-2-4-11(16)5-3-10/h2-8H,1H3. The third-order valence-electron chi connectivity index (χ3n) is 3.44. The van der Waals surface area contributed by atoms with Crippen LogP contribution in [0.15, 0.2) is 47.0 Å². The van der Waals surface area contributed by atoms with Crippen molar-refractivity contribution < 1.29 is 4.52 Å². The molecule has 0 amide bonds. The van der Waals surface area contributed by atoms with Crippen LogP contribution in [-0.4, -0.2) is 25.4 Å². The van der Waals surface area contributed by atoms with E-state index in [1.54, 1.807) is 4.68 Å². The van der Waals surface area contributed by atoms with E-state index < -0.39 is 0 Å². The molecule has 0 fully saturated rings. The Balaban J connectivity index is 1.90. The molecule has 0 radical (unpaired) electrons. The zero-order chi connectivity index (χ0) is 15.1. The summed E-state index contributed by atoms with van der Waals surface area (Å²) < 4.78 is 7.15. The molecule has 0 unspecified atom stereocenters. The van der Waals surface area contributed by atoms with Gasteiger partial charge in [0.1, 0.15) is 5.52 Å². The second-order valence-electron chi connectivity index (χ2n) is 4.86. The lowest BCUT2D eigenvalue weighted by molar-refractivity contribution is 0.441. The second kappa shape index (κ2) is 4.92. The van der Waals surface area contributed by atoms with E-state index in [1.807, 2.05) is 49.4 Å². The first-order valence-electron chi connectivity index (χ1n) is 6.63. The summed E-state index contributed by atoms with van der Waals surface area (Å²) in [6.45, 7) is 1.85. The maximum absolute atomic E-state index is 5.93. The number of benzene rings is 2. The van der Waals surface area contributed by atoms with Gasteiger partial charge in [-0.3, -0.25) is 0 Å². The Labute approximate surface area is 130 Å². The van der Waals surface area contributed by atoms with E-state index in [0.29, 0.717) is 16.6 Å². The van der Waals surface area contributed by atoms with Crippen LogP contribution in [-0.2, 0) is 0 Å². The minimum Gasteiger partial charge on any atom is -0.355 e. The molecule has 22 heavy (non-hydrogen) atoms. The van der Waals surface area contributed by atoms with Crippen molar-refractivity contribution >= 4 is 22.5 Å². The monoisotopic (exact) mass is 311 g/mol. The highest BCUT2D eigenvalue weighted by atomic mass is 35.5. The van der Waals surface area contributed by atoms with Gasteiger partial charge in [0.05, 0.1) is 11.1 Å². The summed E-state index contributed by atoms with van der Waals surface area (Å²) in [4.78, 5) is 0. The maximum Gasteiger partial charge on any atom is 0.174 e. The maximum atomic E-state index is 5.93. The highest BCUT2D eigenvalue weighted by Gasteiger charge is 2.13. The largest absolute Gasteiger partial charge is 0.355 e. The summed E-state index contributed by atoms with van der Waals surface area (Å²) in [5, 5.41) is 17.2. The van der Waals surface area contributed by atoms with Crippen molar-refractivity contribution in [1.29, 1.82) is 0 Å².